The average Bonchev–Trinajstić information content (AvgIpc) is 2.30. The molecule has 2 atom stereocenters. The highest BCUT2D eigenvalue weighted by Crippen LogP contribution is 2.49. The van der Waals surface area contributed by atoms with Crippen LogP contribution in [0.2, 0.25) is 0 Å². The molecule has 3 heteroatoms. The van der Waals surface area contributed by atoms with Gasteiger partial charge in [0.15, 0.2) is 0 Å². The number of hydrogen-bond acceptors (Lipinski definition) is 3. The van der Waals surface area contributed by atoms with E-state index in [4.69, 9.17) is 0 Å². The number of hydrogen-bond donors (Lipinski definition) is 1. The largest absolute Gasteiger partial charge is 0.317 e. The van der Waals surface area contributed by atoms with Crippen molar-refractivity contribution in [3.05, 3.63) is 23.4 Å². The van der Waals surface area contributed by atoms with Crippen LogP contribution in [0, 0.1) is 0 Å². The lowest BCUT2D eigenvalue weighted by atomic mass is 9.67. The minimum atomic E-state index is 0.140. The van der Waals surface area contributed by atoms with Gasteiger partial charge in [0.1, 0.15) is 0 Å². The summed E-state index contributed by atoms with van der Waals surface area (Å²) in [6.45, 7) is 1.15. The van der Waals surface area contributed by atoms with Gasteiger partial charge in [-0.25, -0.2) is 0 Å². The molecule has 1 N–H and O–H groups in total. The van der Waals surface area contributed by atoms with E-state index in [1.54, 1.807) is 0 Å². The molecular formula is C12H17N3. The van der Waals surface area contributed by atoms with Crippen molar-refractivity contribution in [1.82, 2.24) is 10.2 Å². The van der Waals surface area contributed by atoms with Crippen molar-refractivity contribution in [2.24, 2.45) is 4.99 Å². The van der Waals surface area contributed by atoms with Crippen LogP contribution >= 0.6 is 0 Å². The van der Waals surface area contributed by atoms with Crippen LogP contribution in [0.5, 0.6) is 0 Å². The summed E-state index contributed by atoms with van der Waals surface area (Å²) in [5, 5.41) is 3.40. The van der Waals surface area contributed by atoms with Gasteiger partial charge in [-0.1, -0.05) is 0 Å². The molecule has 2 aliphatic heterocycles. The highest BCUT2D eigenvalue weighted by Gasteiger charge is 2.51. The number of dihydropyridines is 1. The van der Waals surface area contributed by atoms with Gasteiger partial charge in [0.25, 0.3) is 0 Å². The van der Waals surface area contributed by atoms with Gasteiger partial charge in [-0.3, -0.25) is 9.89 Å². The number of likely N-dealkylation sites (N-methyl/N-ethyl adjacent to an activating group) is 1. The van der Waals surface area contributed by atoms with Crippen molar-refractivity contribution >= 4 is 6.21 Å². The first-order valence-electron chi connectivity index (χ1n) is 5.63. The Balaban J connectivity index is 1.95. The van der Waals surface area contributed by atoms with Gasteiger partial charge < -0.3 is 5.32 Å². The number of nitrogens with zero attached hydrogens (tertiary/aromatic N) is 2. The van der Waals surface area contributed by atoms with E-state index in [2.05, 4.69) is 41.5 Å². The first-order valence-corrected chi connectivity index (χ1v) is 5.63. The minimum Gasteiger partial charge on any atom is -0.317 e. The second-order valence-electron chi connectivity index (χ2n) is 4.69. The fourth-order valence-corrected chi connectivity index (χ4v) is 3.02. The molecule has 0 amide bonds. The first-order chi connectivity index (χ1) is 7.27. The Bertz CT molecular complexity index is 367. The fraction of sp³-hybridized carbons (Fsp3) is 0.583. The fourth-order valence-electron chi connectivity index (χ4n) is 3.02. The maximum absolute atomic E-state index is 4.48. The molecule has 0 aromatic heterocycles. The Morgan fingerprint density at radius 3 is 3.07 bits per heavy atom. The van der Waals surface area contributed by atoms with Gasteiger partial charge in [-0.15, -0.1) is 0 Å². The predicted molar refractivity (Wildman–Crippen MR) is 62.1 cm³/mol. The van der Waals surface area contributed by atoms with E-state index in [0.717, 1.165) is 13.0 Å². The molecule has 0 aromatic rings. The van der Waals surface area contributed by atoms with Crippen molar-refractivity contribution in [1.29, 1.82) is 0 Å². The summed E-state index contributed by atoms with van der Waals surface area (Å²) < 4.78 is 0. The highest BCUT2D eigenvalue weighted by molar-refractivity contribution is 5.82. The van der Waals surface area contributed by atoms with E-state index in [0.29, 0.717) is 6.04 Å². The third-order valence-electron chi connectivity index (χ3n) is 4.08. The predicted octanol–water partition coefficient (Wildman–Crippen LogP) is 0.947. The van der Waals surface area contributed by atoms with Crippen LogP contribution in [0.25, 0.3) is 0 Å². The molecular weight excluding hydrogens is 186 g/mol. The van der Waals surface area contributed by atoms with Crippen LogP contribution in [0.1, 0.15) is 12.8 Å². The maximum atomic E-state index is 4.48. The van der Waals surface area contributed by atoms with Crippen molar-refractivity contribution in [3.8, 4) is 0 Å². The second-order valence-corrected chi connectivity index (χ2v) is 4.69. The first kappa shape index (κ1) is 9.31. The van der Waals surface area contributed by atoms with Crippen molar-refractivity contribution in [3.63, 3.8) is 0 Å². The zero-order chi connectivity index (χ0) is 10.5. The molecule has 3 aliphatic rings. The van der Waals surface area contributed by atoms with Gasteiger partial charge in [0, 0.05) is 18.8 Å². The van der Waals surface area contributed by atoms with Gasteiger partial charge >= 0.3 is 0 Å². The summed E-state index contributed by atoms with van der Waals surface area (Å²) in [5.41, 5.74) is 2.83. The normalized spacial score (nSPS) is 38.7. The van der Waals surface area contributed by atoms with E-state index in [-0.39, 0.29) is 5.54 Å². The molecule has 1 saturated heterocycles. The number of rotatable bonds is 1. The van der Waals surface area contributed by atoms with E-state index in [1.807, 2.05) is 6.21 Å². The highest BCUT2D eigenvalue weighted by atomic mass is 15.2. The van der Waals surface area contributed by atoms with Crippen molar-refractivity contribution < 1.29 is 0 Å². The minimum absolute atomic E-state index is 0.140. The molecule has 1 aliphatic carbocycles. The van der Waals surface area contributed by atoms with Crippen LogP contribution in [0.3, 0.4) is 0 Å². The standard InChI is InChI=1S/C12H17N3/c1-13-10-4-6-15(2)12(8-10)9-3-5-14-11(12)7-9/h3,5,7,10,13H,4,6,8H2,1-2H3. The second kappa shape index (κ2) is 3.03. The summed E-state index contributed by atoms with van der Waals surface area (Å²) in [7, 11) is 4.28. The number of nitrogens with one attached hydrogen (secondary N) is 1. The summed E-state index contributed by atoms with van der Waals surface area (Å²) in [5.74, 6) is 0. The third kappa shape index (κ3) is 1.05. The molecule has 0 saturated carbocycles. The lowest BCUT2D eigenvalue weighted by Crippen LogP contribution is -2.61. The van der Waals surface area contributed by atoms with E-state index < -0.39 is 0 Å². The maximum Gasteiger partial charge on any atom is 0.0902 e. The lowest BCUT2D eigenvalue weighted by Gasteiger charge is -2.54. The SMILES string of the molecule is CNC1CCN(C)C2(C1)C1=CC=NC2=C1. The molecule has 2 heterocycles. The Morgan fingerprint density at radius 1 is 1.60 bits per heavy atom. The number of likely N-dealkylation sites (tertiary alicyclic amines) is 1. The average molecular weight is 203 g/mol. The Hall–Kier alpha value is -0.930. The Morgan fingerprint density at radius 2 is 2.47 bits per heavy atom. The van der Waals surface area contributed by atoms with Crippen LogP contribution in [-0.2, 0) is 0 Å². The number of piperidine rings is 1. The van der Waals surface area contributed by atoms with E-state index in [1.165, 1.54) is 17.7 Å². The van der Waals surface area contributed by atoms with Crippen LogP contribution < -0.4 is 5.32 Å². The monoisotopic (exact) mass is 203 g/mol. The van der Waals surface area contributed by atoms with E-state index >= 15 is 0 Å². The zero-order valence-corrected chi connectivity index (χ0v) is 9.33. The zero-order valence-electron chi connectivity index (χ0n) is 9.33. The van der Waals surface area contributed by atoms with Crippen LogP contribution in [0.4, 0.5) is 0 Å². The Kier molecular flexibility index (Phi) is 1.88. The summed E-state index contributed by atoms with van der Waals surface area (Å²) in [6.07, 6.45) is 8.69. The molecule has 2 bridgehead atoms. The third-order valence-corrected chi connectivity index (χ3v) is 4.08. The molecule has 0 radical (unpaired) electrons. The molecule has 2 unspecified atom stereocenters. The molecule has 3 nitrogen and oxygen atoms in total. The van der Waals surface area contributed by atoms with Crippen LogP contribution in [-0.4, -0.2) is 43.3 Å². The molecule has 15 heavy (non-hydrogen) atoms. The van der Waals surface area contributed by atoms with Crippen molar-refractivity contribution in [2.75, 3.05) is 20.6 Å². The van der Waals surface area contributed by atoms with Crippen LogP contribution in [0.15, 0.2) is 28.4 Å². The van der Waals surface area contributed by atoms with Gasteiger partial charge in [0.05, 0.1) is 11.2 Å². The number of allylic oxidation sites excluding steroid dienone is 1. The molecule has 1 fully saturated rings. The molecule has 1 spiro atoms. The van der Waals surface area contributed by atoms with Gasteiger partial charge in [0.2, 0.25) is 0 Å². The van der Waals surface area contributed by atoms with Gasteiger partial charge in [-0.05, 0) is 44.7 Å². The smallest absolute Gasteiger partial charge is 0.0902 e. The Labute approximate surface area is 90.6 Å². The molecule has 3 rings (SSSR count). The number of aliphatic imine (C=N–C) groups is 1. The molecule has 80 valence electrons. The summed E-state index contributed by atoms with van der Waals surface area (Å²) in [4.78, 5) is 6.94. The quantitative estimate of drug-likeness (QED) is 0.687. The lowest BCUT2D eigenvalue weighted by molar-refractivity contribution is 0.106. The van der Waals surface area contributed by atoms with Gasteiger partial charge in [-0.2, -0.15) is 0 Å². The summed E-state index contributed by atoms with van der Waals surface area (Å²) >= 11 is 0. The topological polar surface area (TPSA) is 27.6 Å². The van der Waals surface area contributed by atoms with Crippen molar-refractivity contribution in [2.45, 2.75) is 24.4 Å². The molecule has 0 aromatic carbocycles. The summed E-state index contributed by atoms with van der Waals surface area (Å²) in [6, 6.07) is 0.626. The van der Waals surface area contributed by atoms with E-state index in [9.17, 15) is 0 Å².